The Morgan fingerprint density at radius 1 is 1.05 bits per heavy atom. The lowest BCUT2D eigenvalue weighted by atomic mass is 10.0. The van der Waals surface area contributed by atoms with Gasteiger partial charge >= 0.3 is 0 Å². The Morgan fingerprint density at radius 3 is 2.38 bits per heavy atom. The van der Waals surface area contributed by atoms with Crippen molar-refractivity contribution in [2.24, 2.45) is 5.73 Å². The molecule has 0 fully saturated rings. The quantitative estimate of drug-likeness (QED) is 0.588. The molecule has 5 heteroatoms. The van der Waals surface area contributed by atoms with Crippen LogP contribution >= 0.6 is 47.8 Å². The number of halogens is 3. The van der Waals surface area contributed by atoms with Crippen LogP contribution in [0.15, 0.2) is 55.9 Å². The molecule has 0 aliphatic rings. The van der Waals surface area contributed by atoms with Crippen molar-refractivity contribution in [2.75, 3.05) is 0 Å². The second kappa shape index (κ2) is 7.77. The van der Waals surface area contributed by atoms with Crippen molar-refractivity contribution < 1.29 is 4.74 Å². The Labute approximate surface area is 150 Å². The maximum atomic E-state index is 6.26. The second-order valence-corrected chi connectivity index (χ2v) is 7.43. The molecule has 112 valence electrons. The summed E-state index contributed by atoms with van der Waals surface area (Å²) in [7, 11) is 0. The first-order chi connectivity index (χ1) is 10.0. The zero-order valence-corrected chi connectivity index (χ0v) is 16.3. The molecule has 0 saturated heterocycles. The summed E-state index contributed by atoms with van der Waals surface area (Å²) >= 11 is 10.5. The van der Waals surface area contributed by atoms with Gasteiger partial charge in [-0.3, -0.25) is 0 Å². The van der Waals surface area contributed by atoms with Crippen molar-refractivity contribution in [3.63, 3.8) is 0 Å². The molecule has 0 spiro atoms. The molecule has 2 N–H and O–H groups in total. The third-order valence-corrected chi connectivity index (χ3v) is 4.79. The highest BCUT2D eigenvalue weighted by Crippen LogP contribution is 2.33. The minimum Gasteiger partial charge on any atom is -0.483 e. The van der Waals surface area contributed by atoms with Crippen molar-refractivity contribution >= 4 is 47.8 Å². The van der Waals surface area contributed by atoms with Gasteiger partial charge in [0, 0.05) is 15.0 Å². The molecule has 0 saturated carbocycles. The number of rotatable bonds is 5. The van der Waals surface area contributed by atoms with Crippen LogP contribution in [0.4, 0.5) is 0 Å². The molecule has 2 rings (SSSR count). The van der Waals surface area contributed by atoms with Crippen LogP contribution in [0.25, 0.3) is 0 Å². The monoisotopic (exact) mass is 475 g/mol. The van der Waals surface area contributed by atoms with E-state index in [2.05, 4.69) is 54.7 Å². The number of nitrogens with two attached hydrogens (primary N) is 1. The molecular formula is C16H16Br3NO. The number of hydrogen-bond acceptors (Lipinski definition) is 2. The Morgan fingerprint density at radius 2 is 1.76 bits per heavy atom. The van der Waals surface area contributed by atoms with E-state index in [4.69, 9.17) is 10.5 Å². The van der Waals surface area contributed by atoms with E-state index in [1.54, 1.807) is 0 Å². The first kappa shape index (κ1) is 17.0. The van der Waals surface area contributed by atoms with E-state index in [1.165, 1.54) is 0 Å². The molecule has 0 aliphatic carbocycles. The Hall–Kier alpha value is -0.360. The van der Waals surface area contributed by atoms with Crippen LogP contribution < -0.4 is 10.5 Å². The molecule has 0 radical (unpaired) electrons. The van der Waals surface area contributed by atoms with Gasteiger partial charge in [0.05, 0.1) is 4.47 Å². The summed E-state index contributed by atoms with van der Waals surface area (Å²) in [5.74, 6) is 0.784. The van der Waals surface area contributed by atoms with Crippen LogP contribution in [0.3, 0.4) is 0 Å². The SMILES string of the molecule is CCC(N)C(Oc1ccc(Br)cc1Br)c1cccc(Br)c1. The molecule has 0 heterocycles. The van der Waals surface area contributed by atoms with E-state index in [9.17, 15) is 0 Å². The summed E-state index contributed by atoms with van der Waals surface area (Å²) in [4.78, 5) is 0. The first-order valence-electron chi connectivity index (χ1n) is 6.64. The summed E-state index contributed by atoms with van der Waals surface area (Å²) in [5, 5.41) is 0. The standard InChI is InChI=1S/C16H16Br3NO/c1-2-14(20)16(10-4-3-5-11(17)8-10)21-15-7-6-12(18)9-13(15)19/h3-9,14,16H,2,20H2,1H3. The van der Waals surface area contributed by atoms with Crippen LogP contribution in [0, 0.1) is 0 Å². The summed E-state index contributed by atoms with van der Waals surface area (Å²) in [6.45, 7) is 2.07. The van der Waals surface area contributed by atoms with Gasteiger partial charge in [0.2, 0.25) is 0 Å². The summed E-state index contributed by atoms with van der Waals surface area (Å²) in [6.07, 6.45) is 0.649. The van der Waals surface area contributed by atoms with E-state index >= 15 is 0 Å². The van der Waals surface area contributed by atoms with Gasteiger partial charge in [0.25, 0.3) is 0 Å². The van der Waals surface area contributed by atoms with Crippen LogP contribution in [-0.2, 0) is 0 Å². The predicted molar refractivity (Wildman–Crippen MR) is 97.6 cm³/mol. The molecule has 0 amide bonds. The Kier molecular flexibility index (Phi) is 6.29. The van der Waals surface area contributed by atoms with E-state index in [0.717, 1.165) is 31.2 Å². The first-order valence-corrected chi connectivity index (χ1v) is 9.02. The molecule has 2 nitrogen and oxygen atoms in total. The predicted octanol–water partition coefficient (Wildman–Crippen LogP) is 5.83. The van der Waals surface area contributed by atoms with Crippen LogP contribution in [0.5, 0.6) is 5.75 Å². The van der Waals surface area contributed by atoms with Crippen molar-refractivity contribution in [3.05, 3.63) is 61.4 Å². The van der Waals surface area contributed by atoms with E-state index in [-0.39, 0.29) is 12.1 Å². The number of ether oxygens (including phenoxy) is 1. The molecule has 2 aromatic rings. The largest absolute Gasteiger partial charge is 0.483 e. The molecule has 0 aliphatic heterocycles. The smallest absolute Gasteiger partial charge is 0.139 e. The van der Waals surface area contributed by atoms with Gasteiger partial charge in [0.15, 0.2) is 0 Å². The van der Waals surface area contributed by atoms with Crippen LogP contribution in [0.1, 0.15) is 25.0 Å². The molecular weight excluding hydrogens is 462 g/mol. The van der Waals surface area contributed by atoms with Crippen molar-refractivity contribution in [1.82, 2.24) is 0 Å². The Bertz CT molecular complexity index is 618. The van der Waals surface area contributed by atoms with E-state index in [1.807, 2.05) is 42.5 Å². The Balaban J connectivity index is 2.33. The fraction of sp³-hybridized carbons (Fsp3) is 0.250. The highest BCUT2D eigenvalue weighted by Gasteiger charge is 2.21. The number of hydrogen-bond donors (Lipinski definition) is 1. The van der Waals surface area contributed by atoms with Crippen LogP contribution in [0.2, 0.25) is 0 Å². The lowest BCUT2D eigenvalue weighted by Gasteiger charge is -2.25. The van der Waals surface area contributed by atoms with Crippen molar-refractivity contribution in [2.45, 2.75) is 25.5 Å². The minimum atomic E-state index is -0.190. The lowest BCUT2D eigenvalue weighted by molar-refractivity contribution is 0.170. The normalized spacial score (nSPS) is 13.8. The van der Waals surface area contributed by atoms with Gasteiger partial charge in [0.1, 0.15) is 11.9 Å². The van der Waals surface area contributed by atoms with E-state index < -0.39 is 0 Å². The van der Waals surface area contributed by atoms with Crippen molar-refractivity contribution in [1.29, 1.82) is 0 Å². The van der Waals surface area contributed by atoms with Crippen molar-refractivity contribution in [3.8, 4) is 5.75 Å². The molecule has 2 unspecified atom stereocenters. The average Bonchev–Trinajstić information content (AvgIpc) is 2.45. The van der Waals surface area contributed by atoms with Gasteiger partial charge in [-0.05, 0) is 58.2 Å². The third kappa shape index (κ3) is 4.55. The molecule has 0 bridgehead atoms. The number of benzene rings is 2. The topological polar surface area (TPSA) is 35.2 Å². The second-order valence-electron chi connectivity index (χ2n) is 4.74. The zero-order valence-electron chi connectivity index (χ0n) is 11.5. The van der Waals surface area contributed by atoms with Gasteiger partial charge in [-0.15, -0.1) is 0 Å². The fourth-order valence-electron chi connectivity index (χ4n) is 2.01. The summed E-state index contributed by atoms with van der Waals surface area (Å²) in [6, 6.07) is 13.9. The fourth-order valence-corrected chi connectivity index (χ4v) is 3.57. The van der Waals surface area contributed by atoms with Gasteiger partial charge < -0.3 is 10.5 Å². The van der Waals surface area contributed by atoms with Crippen LogP contribution in [-0.4, -0.2) is 6.04 Å². The molecule has 2 aromatic carbocycles. The van der Waals surface area contributed by atoms with Gasteiger partial charge in [-0.1, -0.05) is 50.9 Å². The third-order valence-electron chi connectivity index (χ3n) is 3.19. The highest BCUT2D eigenvalue weighted by molar-refractivity contribution is 9.11. The maximum Gasteiger partial charge on any atom is 0.139 e. The molecule has 0 aromatic heterocycles. The summed E-state index contributed by atoms with van der Waals surface area (Å²) < 4.78 is 9.10. The highest BCUT2D eigenvalue weighted by atomic mass is 79.9. The molecule has 2 atom stereocenters. The van der Waals surface area contributed by atoms with Gasteiger partial charge in [-0.25, -0.2) is 0 Å². The lowest BCUT2D eigenvalue weighted by Crippen LogP contribution is -2.31. The average molecular weight is 478 g/mol. The maximum absolute atomic E-state index is 6.26. The summed E-state index contributed by atoms with van der Waals surface area (Å²) in [5.41, 5.74) is 7.33. The van der Waals surface area contributed by atoms with E-state index in [0.29, 0.717) is 0 Å². The molecule has 21 heavy (non-hydrogen) atoms. The zero-order chi connectivity index (χ0) is 15.4. The minimum absolute atomic E-state index is 0.0742. The van der Waals surface area contributed by atoms with Gasteiger partial charge in [-0.2, -0.15) is 0 Å².